The SMILES string of the molecule is C.C.CN(C1=N[C+]=NC=C1)[C@@H]1C[C@H]([C@H](O)c2ccc(F)c(F)c2)[C@@H](O)[C@H]1O.CN(c1ccncn1)[C@@H]1C[C@H]([C@@H](O)c2ccc(F)c(F)c2)[C@@H](O)[C@H]1O. The third-order valence-corrected chi connectivity index (χ3v) is 9.58. The first-order chi connectivity index (χ1) is 23.8. The van der Waals surface area contributed by atoms with Crippen molar-refractivity contribution in [3.05, 3.63) is 102 Å². The second-order valence-corrected chi connectivity index (χ2v) is 12.4. The molecular formula is C36H45F4N6O6+. The summed E-state index contributed by atoms with van der Waals surface area (Å²) >= 11 is 0. The highest BCUT2D eigenvalue weighted by Crippen LogP contribution is 2.40. The summed E-state index contributed by atoms with van der Waals surface area (Å²) in [6.07, 6.45) is 1.85. The first kappa shape index (κ1) is 42.0. The molecule has 0 bridgehead atoms. The van der Waals surface area contributed by atoms with Crippen molar-refractivity contribution in [3.63, 3.8) is 0 Å². The van der Waals surface area contributed by atoms with E-state index in [1.54, 1.807) is 42.2 Å². The molecule has 10 atom stereocenters. The number of aromatic nitrogens is 2. The monoisotopic (exact) mass is 733 g/mol. The molecule has 0 amide bonds. The molecule has 0 spiro atoms. The molecule has 12 nitrogen and oxygen atoms in total. The summed E-state index contributed by atoms with van der Waals surface area (Å²) in [5.74, 6) is -4.56. The van der Waals surface area contributed by atoms with Gasteiger partial charge in [0.2, 0.25) is 5.84 Å². The number of hydrogen-bond acceptors (Lipinski definition) is 12. The van der Waals surface area contributed by atoms with Gasteiger partial charge in [0.25, 0.3) is 6.34 Å². The molecular weight excluding hydrogens is 688 g/mol. The fourth-order valence-electron chi connectivity index (χ4n) is 6.65. The van der Waals surface area contributed by atoms with Crippen LogP contribution in [0.4, 0.5) is 23.4 Å². The molecule has 2 heterocycles. The molecule has 1 aromatic heterocycles. The Morgan fingerprint density at radius 3 is 1.63 bits per heavy atom. The smallest absolute Gasteiger partial charge is 0.280 e. The molecule has 2 aliphatic carbocycles. The van der Waals surface area contributed by atoms with Crippen LogP contribution in [0.5, 0.6) is 0 Å². The van der Waals surface area contributed by atoms with Crippen LogP contribution in [0, 0.1) is 35.1 Å². The van der Waals surface area contributed by atoms with Crippen molar-refractivity contribution < 1.29 is 48.2 Å². The van der Waals surface area contributed by atoms with Crippen LogP contribution in [0.15, 0.2) is 77.2 Å². The minimum Gasteiger partial charge on any atom is -0.390 e. The third kappa shape index (κ3) is 8.78. The van der Waals surface area contributed by atoms with Gasteiger partial charge < -0.3 is 40.4 Å². The minimum absolute atomic E-state index is 0. The number of anilines is 1. The molecule has 0 saturated heterocycles. The molecule has 52 heavy (non-hydrogen) atoms. The number of likely N-dealkylation sites (N-methyl/N-ethyl adjacent to an activating group) is 2. The summed E-state index contributed by atoms with van der Waals surface area (Å²) in [6.45, 7) is 0. The number of aliphatic hydroxyl groups is 6. The Balaban J connectivity index is 0.000000270. The molecule has 2 fully saturated rings. The summed E-state index contributed by atoms with van der Waals surface area (Å²) in [5.41, 5.74) is 0.300. The highest BCUT2D eigenvalue weighted by molar-refractivity contribution is 5.99. The van der Waals surface area contributed by atoms with Crippen LogP contribution in [0.25, 0.3) is 0 Å². The lowest BCUT2D eigenvalue weighted by Crippen LogP contribution is -2.44. The van der Waals surface area contributed by atoms with Gasteiger partial charge in [-0.05, 0) is 59.3 Å². The zero-order valence-corrected chi connectivity index (χ0v) is 26.9. The lowest BCUT2D eigenvalue weighted by atomic mass is 9.92. The van der Waals surface area contributed by atoms with Gasteiger partial charge in [-0.2, -0.15) is 0 Å². The van der Waals surface area contributed by atoms with Crippen molar-refractivity contribution in [2.75, 3.05) is 19.0 Å². The van der Waals surface area contributed by atoms with Gasteiger partial charge in [-0.25, -0.2) is 27.5 Å². The molecule has 16 heteroatoms. The van der Waals surface area contributed by atoms with E-state index < -0.39 is 83.8 Å². The molecule has 0 radical (unpaired) electrons. The number of rotatable bonds is 7. The van der Waals surface area contributed by atoms with E-state index in [1.807, 2.05) is 0 Å². The van der Waals surface area contributed by atoms with Gasteiger partial charge in [0, 0.05) is 32.1 Å². The number of aliphatic imine (C=N–C) groups is 2. The van der Waals surface area contributed by atoms with E-state index in [2.05, 4.69) is 26.3 Å². The standard InChI is InChI=1S/C17H19F2N3O3.C17H18F2N3O3.2CH4/c2*1-22(14-4-5-20-8-21-14)13-7-10(16(24)17(13)25)15(23)9-2-3-11(18)12(19)6-9;;/h2-6,8,10,13,15-17,23-25H,7H2,1H3;2-6,10,13,15-17,23-25H,7H2,1H3;2*1H4/q;+1;;/t10-,13-,15+,16-,17+;10-,13-,15-,16-,17+;;/m11../s1. The van der Waals surface area contributed by atoms with Crippen LogP contribution >= 0.6 is 0 Å². The van der Waals surface area contributed by atoms with E-state index in [4.69, 9.17) is 0 Å². The summed E-state index contributed by atoms with van der Waals surface area (Å²) in [5, 5.41) is 62.4. The van der Waals surface area contributed by atoms with E-state index in [1.165, 1.54) is 24.7 Å². The minimum atomic E-state index is -1.24. The Morgan fingerprint density at radius 1 is 0.712 bits per heavy atom. The van der Waals surface area contributed by atoms with Crippen LogP contribution in [0.3, 0.4) is 0 Å². The van der Waals surface area contributed by atoms with Gasteiger partial charge in [-0.1, -0.05) is 32.0 Å². The molecule has 6 N–H and O–H groups in total. The fraction of sp³-hybridized carbons (Fsp3) is 0.444. The predicted molar refractivity (Wildman–Crippen MR) is 186 cm³/mol. The number of halogens is 4. The maximum Gasteiger partial charge on any atom is 0.280 e. The molecule has 282 valence electrons. The Kier molecular flexibility index (Phi) is 14.4. The van der Waals surface area contributed by atoms with Crippen LogP contribution < -0.4 is 4.90 Å². The van der Waals surface area contributed by atoms with E-state index in [-0.39, 0.29) is 38.8 Å². The summed E-state index contributed by atoms with van der Waals surface area (Å²) < 4.78 is 52.9. The first-order valence-corrected chi connectivity index (χ1v) is 15.7. The van der Waals surface area contributed by atoms with Gasteiger partial charge in [0.1, 0.15) is 36.6 Å². The van der Waals surface area contributed by atoms with Gasteiger partial charge in [-0.3, -0.25) is 0 Å². The second kappa shape index (κ2) is 17.9. The first-order valence-electron chi connectivity index (χ1n) is 15.7. The van der Waals surface area contributed by atoms with Crippen molar-refractivity contribution in [1.29, 1.82) is 0 Å². The van der Waals surface area contributed by atoms with Crippen LogP contribution in [-0.4, -0.2) is 108 Å². The highest BCUT2D eigenvalue weighted by atomic mass is 19.2. The zero-order chi connectivity index (χ0) is 36.3. The van der Waals surface area contributed by atoms with Crippen LogP contribution in [0.2, 0.25) is 0 Å². The van der Waals surface area contributed by atoms with Crippen molar-refractivity contribution in [1.82, 2.24) is 14.9 Å². The lowest BCUT2D eigenvalue weighted by molar-refractivity contribution is -0.0282. The van der Waals surface area contributed by atoms with E-state index in [9.17, 15) is 48.2 Å². The molecule has 2 aromatic carbocycles. The molecule has 2 saturated carbocycles. The van der Waals surface area contributed by atoms with Gasteiger partial charge >= 0.3 is 0 Å². The van der Waals surface area contributed by atoms with Crippen molar-refractivity contribution >= 4 is 18.0 Å². The Hall–Kier alpha value is -4.41. The fourth-order valence-corrected chi connectivity index (χ4v) is 6.65. The van der Waals surface area contributed by atoms with Gasteiger partial charge in [0.05, 0.1) is 36.5 Å². The number of hydrogen-bond donors (Lipinski definition) is 6. The van der Waals surface area contributed by atoms with Crippen LogP contribution in [0.1, 0.15) is 51.0 Å². The molecule has 6 rings (SSSR count). The molecule has 0 unspecified atom stereocenters. The van der Waals surface area contributed by atoms with Crippen LogP contribution in [-0.2, 0) is 0 Å². The summed E-state index contributed by atoms with van der Waals surface area (Å²) in [4.78, 5) is 19.0. The van der Waals surface area contributed by atoms with Crippen molar-refractivity contribution in [3.8, 4) is 0 Å². The average molecular weight is 734 g/mol. The number of benzene rings is 2. The van der Waals surface area contributed by atoms with Gasteiger partial charge in [-0.15, -0.1) is 0 Å². The maximum absolute atomic E-state index is 13.4. The van der Waals surface area contributed by atoms with E-state index >= 15 is 0 Å². The largest absolute Gasteiger partial charge is 0.390 e. The molecule has 3 aliphatic rings. The maximum atomic E-state index is 13.4. The quantitative estimate of drug-likeness (QED) is 0.156. The number of amidine groups is 1. The average Bonchev–Trinajstić information content (AvgIpc) is 3.60. The Morgan fingerprint density at radius 2 is 1.21 bits per heavy atom. The van der Waals surface area contributed by atoms with Gasteiger partial charge in [0.15, 0.2) is 23.3 Å². The second-order valence-electron chi connectivity index (χ2n) is 12.4. The molecule has 1 aliphatic heterocycles. The predicted octanol–water partition coefficient (Wildman–Crippen LogP) is 3.18. The Labute approximate surface area is 299 Å². The Bertz CT molecular complexity index is 1720. The zero-order valence-electron chi connectivity index (χ0n) is 26.9. The van der Waals surface area contributed by atoms with Crippen molar-refractivity contribution in [2.45, 2.75) is 76.4 Å². The van der Waals surface area contributed by atoms with E-state index in [0.29, 0.717) is 11.7 Å². The van der Waals surface area contributed by atoms with Crippen molar-refractivity contribution in [2.24, 2.45) is 21.8 Å². The summed E-state index contributed by atoms with van der Waals surface area (Å²) in [7, 11) is 3.42. The number of aliphatic hydroxyl groups excluding tert-OH is 6. The normalized spacial score (nSPS) is 27.2. The third-order valence-electron chi connectivity index (χ3n) is 9.58. The summed E-state index contributed by atoms with van der Waals surface area (Å²) in [6, 6.07) is 6.84. The topological polar surface area (TPSA) is 178 Å². The van der Waals surface area contributed by atoms with E-state index in [0.717, 1.165) is 24.3 Å². The highest BCUT2D eigenvalue weighted by Gasteiger charge is 2.49. The lowest BCUT2D eigenvalue weighted by Gasteiger charge is -2.28. The molecule has 3 aromatic rings. The number of nitrogens with zero attached hydrogens (tertiary/aromatic N) is 6.